The number of aliphatic carboxylic acids is 1. The van der Waals surface area contributed by atoms with Crippen LogP contribution in [0.4, 0.5) is 8.78 Å². The molecule has 23 heavy (non-hydrogen) atoms. The molecule has 0 saturated heterocycles. The molecule has 1 saturated carbocycles. The van der Waals surface area contributed by atoms with Crippen molar-refractivity contribution in [2.24, 2.45) is 5.92 Å². The summed E-state index contributed by atoms with van der Waals surface area (Å²) in [4.78, 5) is 23.5. The molecule has 0 heterocycles. The second-order valence-corrected chi connectivity index (χ2v) is 6.02. The smallest absolute Gasteiger partial charge is 0.308 e. The molecule has 1 fully saturated rings. The molecule has 1 amide bonds. The third-order valence-corrected chi connectivity index (χ3v) is 4.29. The molecule has 1 aromatic carbocycles. The SMILES string of the molecule is O=C(Cc1cc(F)ccc1F)NC1CCCCCCC1C(=O)O. The number of nitrogens with one attached hydrogen (secondary N) is 1. The maximum atomic E-state index is 13.6. The van der Waals surface area contributed by atoms with Crippen LogP contribution >= 0.6 is 0 Å². The number of benzene rings is 1. The van der Waals surface area contributed by atoms with Crippen molar-refractivity contribution in [2.75, 3.05) is 0 Å². The van der Waals surface area contributed by atoms with Crippen molar-refractivity contribution in [1.82, 2.24) is 5.32 Å². The zero-order chi connectivity index (χ0) is 16.8. The van der Waals surface area contributed by atoms with Gasteiger partial charge in [0.1, 0.15) is 11.6 Å². The van der Waals surface area contributed by atoms with Gasteiger partial charge < -0.3 is 10.4 Å². The fraction of sp³-hybridized carbons (Fsp3) is 0.529. The summed E-state index contributed by atoms with van der Waals surface area (Å²) in [5.74, 6) is -3.28. The largest absolute Gasteiger partial charge is 0.481 e. The highest BCUT2D eigenvalue weighted by atomic mass is 19.1. The number of hydrogen-bond donors (Lipinski definition) is 2. The third-order valence-electron chi connectivity index (χ3n) is 4.29. The van der Waals surface area contributed by atoms with Crippen molar-refractivity contribution >= 4 is 11.9 Å². The van der Waals surface area contributed by atoms with E-state index < -0.39 is 35.5 Å². The Hall–Kier alpha value is -1.98. The number of halogens is 2. The molecule has 0 spiro atoms. The summed E-state index contributed by atoms with van der Waals surface area (Å²) in [5.41, 5.74) is -0.0276. The van der Waals surface area contributed by atoms with Crippen LogP contribution in [0.2, 0.25) is 0 Å². The Kier molecular flexibility index (Phi) is 6.07. The van der Waals surface area contributed by atoms with Crippen molar-refractivity contribution in [3.05, 3.63) is 35.4 Å². The van der Waals surface area contributed by atoms with Crippen LogP contribution in [0.15, 0.2) is 18.2 Å². The van der Waals surface area contributed by atoms with Crippen LogP contribution in [0, 0.1) is 17.6 Å². The molecule has 0 radical (unpaired) electrons. The maximum Gasteiger partial charge on any atom is 0.308 e. The molecule has 0 aliphatic heterocycles. The molecular formula is C17H21F2NO3. The number of carboxylic acid groups (broad SMARTS) is 1. The van der Waals surface area contributed by atoms with Crippen LogP contribution in [-0.4, -0.2) is 23.0 Å². The van der Waals surface area contributed by atoms with E-state index in [2.05, 4.69) is 5.32 Å². The lowest BCUT2D eigenvalue weighted by Crippen LogP contribution is -2.44. The Labute approximate surface area is 133 Å². The Morgan fingerprint density at radius 3 is 2.52 bits per heavy atom. The predicted octanol–water partition coefficient (Wildman–Crippen LogP) is 3.05. The van der Waals surface area contributed by atoms with Crippen molar-refractivity contribution in [3.8, 4) is 0 Å². The van der Waals surface area contributed by atoms with Gasteiger partial charge in [0.25, 0.3) is 0 Å². The molecule has 2 unspecified atom stereocenters. The van der Waals surface area contributed by atoms with Crippen molar-refractivity contribution < 1.29 is 23.5 Å². The normalized spacial score (nSPS) is 22.0. The zero-order valence-electron chi connectivity index (χ0n) is 12.9. The zero-order valence-corrected chi connectivity index (χ0v) is 12.9. The first-order chi connectivity index (χ1) is 11.0. The van der Waals surface area contributed by atoms with Gasteiger partial charge in [-0.2, -0.15) is 0 Å². The van der Waals surface area contributed by atoms with E-state index in [-0.39, 0.29) is 12.0 Å². The second kappa shape index (κ2) is 8.04. The van der Waals surface area contributed by atoms with Gasteiger partial charge in [-0.1, -0.05) is 25.7 Å². The molecule has 2 N–H and O–H groups in total. The minimum absolute atomic E-state index is 0.0276. The van der Waals surface area contributed by atoms with E-state index in [0.717, 1.165) is 43.9 Å². The molecule has 1 aliphatic carbocycles. The highest BCUT2D eigenvalue weighted by Crippen LogP contribution is 2.23. The van der Waals surface area contributed by atoms with E-state index in [9.17, 15) is 23.5 Å². The van der Waals surface area contributed by atoms with Gasteiger partial charge in [-0.15, -0.1) is 0 Å². The van der Waals surface area contributed by atoms with E-state index in [1.165, 1.54) is 0 Å². The molecule has 2 atom stereocenters. The maximum absolute atomic E-state index is 13.6. The minimum Gasteiger partial charge on any atom is -0.481 e. The highest BCUT2D eigenvalue weighted by molar-refractivity contribution is 5.80. The molecule has 0 bridgehead atoms. The van der Waals surface area contributed by atoms with Gasteiger partial charge in [0.15, 0.2) is 0 Å². The highest BCUT2D eigenvalue weighted by Gasteiger charge is 2.29. The van der Waals surface area contributed by atoms with Crippen LogP contribution in [0.3, 0.4) is 0 Å². The molecule has 126 valence electrons. The summed E-state index contributed by atoms with van der Waals surface area (Å²) in [7, 11) is 0. The fourth-order valence-corrected chi connectivity index (χ4v) is 3.06. The van der Waals surface area contributed by atoms with Crippen LogP contribution in [0.1, 0.15) is 44.1 Å². The molecule has 0 aromatic heterocycles. The van der Waals surface area contributed by atoms with E-state index in [1.54, 1.807) is 0 Å². The first-order valence-electron chi connectivity index (χ1n) is 7.93. The van der Waals surface area contributed by atoms with E-state index in [4.69, 9.17) is 0 Å². The van der Waals surface area contributed by atoms with Gasteiger partial charge in [-0.3, -0.25) is 9.59 Å². The number of rotatable bonds is 4. The standard InChI is InChI=1S/C17H21F2NO3/c18-12-7-8-14(19)11(9-12)10-16(21)20-15-6-4-2-1-3-5-13(15)17(22)23/h7-9,13,15H,1-6,10H2,(H,20,21)(H,22,23). The summed E-state index contributed by atoms with van der Waals surface area (Å²) in [6.07, 6.45) is 4.50. The van der Waals surface area contributed by atoms with Crippen molar-refractivity contribution in [3.63, 3.8) is 0 Å². The number of hydrogen-bond acceptors (Lipinski definition) is 2. The van der Waals surface area contributed by atoms with Gasteiger partial charge in [0.05, 0.1) is 12.3 Å². The molecule has 1 aromatic rings. The van der Waals surface area contributed by atoms with Gasteiger partial charge >= 0.3 is 5.97 Å². The molecular weight excluding hydrogens is 304 g/mol. The lowest BCUT2D eigenvalue weighted by Gasteiger charge is -2.27. The van der Waals surface area contributed by atoms with Gasteiger partial charge in [0, 0.05) is 11.6 Å². The molecule has 6 heteroatoms. The Morgan fingerprint density at radius 2 is 1.83 bits per heavy atom. The topological polar surface area (TPSA) is 66.4 Å². The lowest BCUT2D eigenvalue weighted by atomic mass is 9.86. The Bertz CT molecular complexity index is 577. The lowest BCUT2D eigenvalue weighted by molar-refractivity contribution is -0.143. The number of carbonyl (C=O) groups is 2. The summed E-state index contributed by atoms with van der Waals surface area (Å²) in [6, 6.07) is 2.50. The molecule has 4 nitrogen and oxygen atoms in total. The number of amides is 1. The summed E-state index contributed by atoms with van der Waals surface area (Å²) in [6.45, 7) is 0. The van der Waals surface area contributed by atoms with Gasteiger partial charge in [-0.25, -0.2) is 8.78 Å². The number of carbonyl (C=O) groups excluding carboxylic acids is 1. The predicted molar refractivity (Wildman–Crippen MR) is 80.8 cm³/mol. The van der Waals surface area contributed by atoms with Crippen LogP contribution in [0.5, 0.6) is 0 Å². The quantitative estimate of drug-likeness (QED) is 0.894. The third kappa shape index (κ3) is 5.01. The van der Waals surface area contributed by atoms with E-state index in [1.807, 2.05) is 0 Å². The average molecular weight is 325 g/mol. The number of carboxylic acids is 1. The Morgan fingerprint density at radius 1 is 1.13 bits per heavy atom. The summed E-state index contributed by atoms with van der Waals surface area (Å²) >= 11 is 0. The Balaban J connectivity index is 2.03. The fourth-order valence-electron chi connectivity index (χ4n) is 3.06. The van der Waals surface area contributed by atoms with Crippen LogP contribution in [0.25, 0.3) is 0 Å². The summed E-state index contributed by atoms with van der Waals surface area (Å²) in [5, 5.41) is 12.1. The van der Waals surface area contributed by atoms with Gasteiger partial charge in [-0.05, 0) is 31.0 Å². The van der Waals surface area contributed by atoms with E-state index in [0.29, 0.717) is 12.8 Å². The first-order valence-corrected chi connectivity index (χ1v) is 7.93. The monoisotopic (exact) mass is 325 g/mol. The molecule has 2 rings (SSSR count). The van der Waals surface area contributed by atoms with Crippen molar-refractivity contribution in [1.29, 1.82) is 0 Å². The van der Waals surface area contributed by atoms with Gasteiger partial charge in [0.2, 0.25) is 5.91 Å². The van der Waals surface area contributed by atoms with Crippen LogP contribution < -0.4 is 5.32 Å². The second-order valence-electron chi connectivity index (χ2n) is 6.02. The average Bonchev–Trinajstić information content (AvgIpc) is 2.45. The first kappa shape index (κ1) is 17.4. The summed E-state index contributed by atoms with van der Waals surface area (Å²) < 4.78 is 26.7. The van der Waals surface area contributed by atoms with Crippen LogP contribution in [-0.2, 0) is 16.0 Å². The molecule has 1 aliphatic rings. The minimum atomic E-state index is -0.922. The van der Waals surface area contributed by atoms with E-state index >= 15 is 0 Å². The van der Waals surface area contributed by atoms with Crippen molar-refractivity contribution in [2.45, 2.75) is 51.0 Å².